The highest BCUT2D eigenvalue weighted by Gasteiger charge is 2.15. The zero-order valence-electron chi connectivity index (χ0n) is 16.6. The number of halogens is 2. The molecule has 0 aliphatic rings. The smallest absolute Gasteiger partial charge is 0.226 e. The summed E-state index contributed by atoms with van der Waals surface area (Å²) < 4.78 is 33.9. The van der Waals surface area contributed by atoms with Gasteiger partial charge in [0.2, 0.25) is 5.91 Å². The Bertz CT molecular complexity index is 1240. The van der Waals surface area contributed by atoms with Crippen LogP contribution in [0.5, 0.6) is 5.75 Å². The number of fused-ring (bicyclic) bond motifs is 1. The Balaban J connectivity index is 1.52. The number of amides is 1. The van der Waals surface area contributed by atoms with E-state index in [1.807, 2.05) is 28.7 Å². The molecule has 0 bridgehead atoms. The minimum atomic E-state index is -0.823. The molecule has 31 heavy (non-hydrogen) atoms. The molecular weight excluding hydrogens is 404 g/mol. The van der Waals surface area contributed by atoms with Gasteiger partial charge in [0.1, 0.15) is 28.9 Å². The van der Waals surface area contributed by atoms with Crippen molar-refractivity contribution in [3.63, 3.8) is 0 Å². The summed E-state index contributed by atoms with van der Waals surface area (Å²) in [6.07, 6.45) is 5.10. The summed E-state index contributed by atoms with van der Waals surface area (Å²) in [5.74, 6) is -0.553. The van der Waals surface area contributed by atoms with Crippen LogP contribution in [0.2, 0.25) is 0 Å². The summed E-state index contributed by atoms with van der Waals surface area (Å²) in [7, 11) is 1.59. The number of nitrogens with one attached hydrogen (secondary N) is 2. The van der Waals surface area contributed by atoms with Crippen LogP contribution >= 0.6 is 0 Å². The number of carbonyl (C=O) groups excluding carboxylic acids is 1. The van der Waals surface area contributed by atoms with Crippen molar-refractivity contribution in [3.8, 4) is 17.0 Å². The SMILES string of the molecule is COc1cccc(-c2nc3cnccn3c2NCCC(=O)Nc2ccc(F)cc2F)c1. The molecule has 0 saturated carbocycles. The van der Waals surface area contributed by atoms with Gasteiger partial charge in [0.25, 0.3) is 0 Å². The monoisotopic (exact) mass is 423 g/mol. The molecule has 0 aliphatic heterocycles. The number of hydrogen-bond donors (Lipinski definition) is 2. The lowest BCUT2D eigenvalue weighted by Crippen LogP contribution is -2.17. The molecule has 158 valence electrons. The molecule has 4 aromatic rings. The second kappa shape index (κ2) is 8.78. The van der Waals surface area contributed by atoms with Crippen LogP contribution in [0.15, 0.2) is 61.1 Å². The average Bonchev–Trinajstić information content (AvgIpc) is 3.14. The number of hydrogen-bond acceptors (Lipinski definition) is 5. The van der Waals surface area contributed by atoms with Crippen molar-refractivity contribution in [2.24, 2.45) is 0 Å². The maximum atomic E-state index is 13.7. The van der Waals surface area contributed by atoms with Gasteiger partial charge < -0.3 is 15.4 Å². The highest BCUT2D eigenvalue weighted by Crippen LogP contribution is 2.30. The zero-order valence-corrected chi connectivity index (χ0v) is 16.6. The van der Waals surface area contributed by atoms with E-state index in [4.69, 9.17) is 4.74 Å². The zero-order chi connectivity index (χ0) is 21.8. The molecule has 1 amide bonds. The van der Waals surface area contributed by atoms with E-state index in [0.29, 0.717) is 22.9 Å². The first-order chi connectivity index (χ1) is 15.0. The Morgan fingerprint density at radius 2 is 2.06 bits per heavy atom. The number of carbonyl (C=O) groups is 1. The molecule has 0 saturated heterocycles. The van der Waals surface area contributed by atoms with Crippen LogP contribution in [-0.2, 0) is 4.79 Å². The predicted molar refractivity (Wildman–Crippen MR) is 113 cm³/mol. The van der Waals surface area contributed by atoms with E-state index in [9.17, 15) is 13.6 Å². The van der Waals surface area contributed by atoms with E-state index in [1.165, 1.54) is 6.07 Å². The molecule has 0 spiro atoms. The van der Waals surface area contributed by atoms with Gasteiger partial charge in [-0.2, -0.15) is 0 Å². The van der Waals surface area contributed by atoms with Gasteiger partial charge in [0, 0.05) is 37.0 Å². The molecule has 0 radical (unpaired) electrons. The lowest BCUT2D eigenvalue weighted by molar-refractivity contribution is -0.116. The van der Waals surface area contributed by atoms with Gasteiger partial charge in [-0.3, -0.25) is 14.2 Å². The first-order valence-corrected chi connectivity index (χ1v) is 9.50. The van der Waals surface area contributed by atoms with Crippen LogP contribution in [0, 0.1) is 11.6 Å². The first-order valence-electron chi connectivity index (χ1n) is 9.50. The van der Waals surface area contributed by atoms with Gasteiger partial charge in [0.05, 0.1) is 19.0 Å². The van der Waals surface area contributed by atoms with E-state index < -0.39 is 17.5 Å². The van der Waals surface area contributed by atoms with Crippen LogP contribution in [0.3, 0.4) is 0 Å². The van der Waals surface area contributed by atoms with Crippen molar-refractivity contribution in [1.29, 1.82) is 0 Å². The molecular formula is C22H19F2N5O2. The lowest BCUT2D eigenvalue weighted by atomic mass is 10.1. The lowest BCUT2D eigenvalue weighted by Gasteiger charge is -2.10. The quantitative estimate of drug-likeness (QED) is 0.467. The number of rotatable bonds is 7. The molecule has 0 atom stereocenters. The largest absolute Gasteiger partial charge is 0.497 e. The Morgan fingerprint density at radius 3 is 2.87 bits per heavy atom. The van der Waals surface area contributed by atoms with E-state index in [2.05, 4.69) is 20.6 Å². The summed E-state index contributed by atoms with van der Waals surface area (Å²) in [6.45, 7) is 0.266. The predicted octanol–water partition coefficient (Wildman–Crippen LogP) is 4.12. The van der Waals surface area contributed by atoms with Crippen LogP contribution < -0.4 is 15.4 Å². The van der Waals surface area contributed by atoms with E-state index >= 15 is 0 Å². The first kappa shape index (κ1) is 20.3. The molecule has 2 aromatic carbocycles. The number of benzene rings is 2. The highest BCUT2D eigenvalue weighted by atomic mass is 19.1. The maximum Gasteiger partial charge on any atom is 0.226 e. The summed E-state index contributed by atoms with van der Waals surface area (Å²) in [6, 6.07) is 10.5. The van der Waals surface area contributed by atoms with Gasteiger partial charge in [-0.15, -0.1) is 0 Å². The van der Waals surface area contributed by atoms with Crippen LogP contribution in [-0.4, -0.2) is 33.9 Å². The normalized spacial score (nSPS) is 10.8. The fourth-order valence-electron chi connectivity index (χ4n) is 3.15. The van der Waals surface area contributed by atoms with E-state index in [-0.39, 0.29) is 18.7 Å². The molecule has 0 aliphatic carbocycles. The number of methoxy groups -OCH3 is 1. The Morgan fingerprint density at radius 1 is 1.19 bits per heavy atom. The maximum absolute atomic E-state index is 13.7. The molecule has 7 nitrogen and oxygen atoms in total. The molecule has 2 aromatic heterocycles. The van der Waals surface area contributed by atoms with Gasteiger partial charge >= 0.3 is 0 Å². The van der Waals surface area contributed by atoms with Crippen LogP contribution in [0.1, 0.15) is 6.42 Å². The van der Waals surface area contributed by atoms with Crippen molar-refractivity contribution >= 4 is 23.1 Å². The Kier molecular flexibility index (Phi) is 5.74. The average molecular weight is 423 g/mol. The molecule has 2 N–H and O–H groups in total. The second-order valence-electron chi connectivity index (χ2n) is 6.69. The van der Waals surface area contributed by atoms with Crippen molar-refractivity contribution < 1.29 is 18.3 Å². The third kappa shape index (κ3) is 4.45. The van der Waals surface area contributed by atoms with Gasteiger partial charge in [0.15, 0.2) is 5.65 Å². The minimum absolute atomic E-state index is 0.0622. The highest BCUT2D eigenvalue weighted by molar-refractivity contribution is 5.91. The van der Waals surface area contributed by atoms with Crippen LogP contribution in [0.4, 0.5) is 20.3 Å². The van der Waals surface area contributed by atoms with Crippen molar-refractivity contribution in [2.45, 2.75) is 6.42 Å². The fraction of sp³-hybridized carbons (Fsp3) is 0.136. The molecule has 0 fully saturated rings. The molecule has 9 heteroatoms. The Hall–Kier alpha value is -4.01. The van der Waals surface area contributed by atoms with Gasteiger partial charge in [-0.1, -0.05) is 12.1 Å². The van der Waals surface area contributed by atoms with Crippen molar-refractivity contribution in [1.82, 2.24) is 14.4 Å². The summed E-state index contributed by atoms with van der Waals surface area (Å²) >= 11 is 0. The van der Waals surface area contributed by atoms with Crippen molar-refractivity contribution in [3.05, 3.63) is 72.7 Å². The summed E-state index contributed by atoms with van der Waals surface area (Å²) in [5, 5.41) is 5.68. The molecule has 0 unspecified atom stereocenters. The van der Waals surface area contributed by atoms with Gasteiger partial charge in [-0.05, 0) is 24.3 Å². The second-order valence-corrected chi connectivity index (χ2v) is 6.69. The number of anilines is 2. The summed E-state index contributed by atoms with van der Waals surface area (Å²) in [4.78, 5) is 21.0. The van der Waals surface area contributed by atoms with Gasteiger partial charge in [-0.25, -0.2) is 13.8 Å². The van der Waals surface area contributed by atoms with Crippen LogP contribution in [0.25, 0.3) is 16.9 Å². The number of ether oxygens (including phenoxy) is 1. The standard InChI is InChI=1S/C22H19F2N5O2/c1-31-16-4-2-3-14(11-16)21-22(29-10-9-25-13-19(29)28-21)26-8-7-20(30)27-18-6-5-15(23)12-17(18)24/h2-6,9-13,26H,7-8H2,1H3,(H,27,30). The number of imidazole rings is 1. The molecule has 4 rings (SSSR count). The Labute approximate surface area is 176 Å². The number of nitrogens with zero attached hydrogens (tertiary/aromatic N) is 3. The summed E-state index contributed by atoms with van der Waals surface area (Å²) in [5.41, 5.74) is 2.09. The third-order valence-electron chi connectivity index (χ3n) is 4.62. The minimum Gasteiger partial charge on any atom is -0.497 e. The van der Waals surface area contributed by atoms with E-state index in [1.54, 1.807) is 25.7 Å². The number of aromatic nitrogens is 3. The topological polar surface area (TPSA) is 80.6 Å². The third-order valence-corrected chi connectivity index (χ3v) is 4.62. The molecule has 2 heterocycles. The van der Waals surface area contributed by atoms with Crippen molar-refractivity contribution in [2.75, 3.05) is 24.3 Å². The fourth-order valence-corrected chi connectivity index (χ4v) is 3.15. The van der Waals surface area contributed by atoms with E-state index in [0.717, 1.165) is 17.7 Å².